The van der Waals surface area contributed by atoms with Gasteiger partial charge in [0, 0.05) is 6.08 Å². The number of hydrogen-bond donors (Lipinski definition) is 3. The fourth-order valence-corrected chi connectivity index (χ4v) is 1.81. The first-order chi connectivity index (χ1) is 11.7. The highest BCUT2D eigenvalue weighted by atomic mass is 16.6. The first kappa shape index (κ1) is 19.7. The average molecular weight is 352 g/mol. The molecule has 0 bridgehead atoms. The highest BCUT2D eigenvalue weighted by Gasteiger charge is 2.38. The molecule has 0 aromatic heterocycles. The number of benzene rings is 1. The quantitative estimate of drug-likeness (QED) is 0.453. The minimum absolute atomic E-state index is 0.0257. The van der Waals surface area contributed by atoms with Gasteiger partial charge in [-0.25, -0.2) is 9.59 Å². The largest absolute Gasteiger partial charge is 0.508 e. The third-order valence-corrected chi connectivity index (χ3v) is 3.09. The van der Waals surface area contributed by atoms with Crippen molar-refractivity contribution in [2.75, 3.05) is 7.11 Å². The van der Waals surface area contributed by atoms with Crippen LogP contribution in [0, 0.1) is 5.92 Å². The Morgan fingerprint density at radius 1 is 1.08 bits per heavy atom. The highest BCUT2D eigenvalue weighted by Crippen LogP contribution is 2.16. The number of hydrogen-bond acceptors (Lipinski definition) is 7. The first-order valence-corrected chi connectivity index (χ1v) is 6.94. The van der Waals surface area contributed by atoms with Gasteiger partial charge in [-0.3, -0.25) is 9.59 Å². The maximum absolute atomic E-state index is 11.7. The lowest BCUT2D eigenvalue weighted by molar-refractivity contribution is -0.172. The van der Waals surface area contributed by atoms with Crippen molar-refractivity contribution in [3.63, 3.8) is 0 Å². The topological polar surface area (TPSA) is 147 Å². The number of phenolic OH excluding ortho intramolecular Hbond substituents is 1. The van der Waals surface area contributed by atoms with E-state index in [4.69, 9.17) is 15.3 Å². The Labute approximate surface area is 142 Å². The molecule has 0 aliphatic heterocycles. The van der Waals surface area contributed by atoms with Crippen LogP contribution in [0.1, 0.15) is 12.0 Å². The number of rotatable bonds is 8. The van der Waals surface area contributed by atoms with Gasteiger partial charge in [-0.2, -0.15) is 0 Å². The van der Waals surface area contributed by atoms with Gasteiger partial charge < -0.3 is 24.8 Å². The fourth-order valence-electron chi connectivity index (χ4n) is 1.81. The zero-order valence-corrected chi connectivity index (χ0v) is 13.1. The summed E-state index contributed by atoms with van der Waals surface area (Å²) in [5.41, 5.74) is 0.519. The van der Waals surface area contributed by atoms with Crippen LogP contribution in [0.15, 0.2) is 30.3 Å². The molecule has 0 saturated carbocycles. The van der Waals surface area contributed by atoms with Crippen molar-refractivity contribution >= 4 is 30.0 Å². The van der Waals surface area contributed by atoms with Crippen molar-refractivity contribution in [2.45, 2.75) is 12.5 Å². The molecule has 134 valence electrons. The van der Waals surface area contributed by atoms with Gasteiger partial charge in [-0.15, -0.1) is 0 Å². The second-order valence-electron chi connectivity index (χ2n) is 4.85. The standard InChI is InChI=1S/C16H16O9/c1-24-13(19)8-11(15(20)21)14(16(22)23)25-12(18)7-4-9-2-5-10(17)6-3-9/h2-7,11,14,17H,8H2,1H3,(H,20,21)(H,22,23)/t11-,14+/m1/s1. The molecule has 0 aliphatic rings. The second kappa shape index (κ2) is 9.06. The van der Waals surface area contributed by atoms with Gasteiger partial charge in [-0.05, 0) is 23.8 Å². The molecule has 0 aliphatic carbocycles. The van der Waals surface area contributed by atoms with E-state index < -0.39 is 42.3 Å². The molecule has 0 fully saturated rings. The molecular weight excluding hydrogens is 336 g/mol. The minimum atomic E-state index is -2.06. The Morgan fingerprint density at radius 2 is 1.68 bits per heavy atom. The lowest BCUT2D eigenvalue weighted by atomic mass is 9.98. The van der Waals surface area contributed by atoms with Crippen molar-refractivity contribution in [3.05, 3.63) is 35.9 Å². The predicted octanol–water partition coefficient (Wildman–Crippen LogP) is 0.666. The molecule has 1 rings (SSSR count). The van der Waals surface area contributed by atoms with Crippen molar-refractivity contribution < 1.29 is 44.0 Å². The van der Waals surface area contributed by atoms with E-state index in [2.05, 4.69) is 9.47 Å². The summed E-state index contributed by atoms with van der Waals surface area (Å²) >= 11 is 0. The molecule has 9 nitrogen and oxygen atoms in total. The molecule has 1 aromatic rings. The lowest BCUT2D eigenvalue weighted by Gasteiger charge is -2.19. The van der Waals surface area contributed by atoms with Gasteiger partial charge in [-0.1, -0.05) is 12.1 Å². The van der Waals surface area contributed by atoms with Crippen LogP contribution >= 0.6 is 0 Å². The molecule has 0 radical (unpaired) electrons. The third-order valence-electron chi connectivity index (χ3n) is 3.09. The molecule has 2 atom stereocenters. The van der Waals surface area contributed by atoms with E-state index >= 15 is 0 Å². The number of ether oxygens (including phenoxy) is 2. The predicted molar refractivity (Wildman–Crippen MR) is 82.4 cm³/mol. The monoisotopic (exact) mass is 352 g/mol. The van der Waals surface area contributed by atoms with Gasteiger partial charge in [0.05, 0.1) is 13.5 Å². The van der Waals surface area contributed by atoms with Crippen molar-refractivity contribution in [3.8, 4) is 5.75 Å². The average Bonchev–Trinajstić information content (AvgIpc) is 2.56. The van der Waals surface area contributed by atoms with Crippen LogP contribution in [0.2, 0.25) is 0 Å². The Morgan fingerprint density at radius 3 is 2.16 bits per heavy atom. The van der Waals surface area contributed by atoms with Crippen LogP contribution in [0.3, 0.4) is 0 Å². The van der Waals surface area contributed by atoms with E-state index in [1.165, 1.54) is 30.3 Å². The summed E-state index contributed by atoms with van der Waals surface area (Å²) in [6.07, 6.45) is -0.637. The van der Waals surface area contributed by atoms with Crippen molar-refractivity contribution in [1.29, 1.82) is 0 Å². The Kier molecular flexibility index (Phi) is 7.14. The van der Waals surface area contributed by atoms with Crippen LogP contribution < -0.4 is 0 Å². The van der Waals surface area contributed by atoms with E-state index in [-0.39, 0.29) is 5.75 Å². The van der Waals surface area contributed by atoms with Crippen molar-refractivity contribution in [2.24, 2.45) is 5.92 Å². The maximum Gasteiger partial charge on any atom is 0.345 e. The van der Waals surface area contributed by atoms with Crippen LogP contribution in [0.4, 0.5) is 0 Å². The zero-order valence-electron chi connectivity index (χ0n) is 13.1. The molecule has 1 aromatic carbocycles. The number of carbonyl (C=O) groups excluding carboxylic acids is 2. The lowest BCUT2D eigenvalue weighted by Crippen LogP contribution is -2.39. The molecule has 0 saturated heterocycles. The summed E-state index contributed by atoms with van der Waals surface area (Å²) in [6.45, 7) is 0. The summed E-state index contributed by atoms with van der Waals surface area (Å²) in [7, 11) is 1.02. The van der Waals surface area contributed by atoms with Gasteiger partial charge in [0.25, 0.3) is 0 Å². The molecule has 9 heteroatoms. The molecule has 0 spiro atoms. The van der Waals surface area contributed by atoms with Gasteiger partial charge >= 0.3 is 23.9 Å². The first-order valence-electron chi connectivity index (χ1n) is 6.94. The SMILES string of the molecule is COC(=O)C[C@@H](C(=O)O)[C@H](OC(=O)C=Cc1ccc(O)cc1)C(=O)O. The molecule has 0 amide bonds. The Bertz CT molecular complexity index is 675. The highest BCUT2D eigenvalue weighted by molar-refractivity contribution is 5.91. The molecule has 25 heavy (non-hydrogen) atoms. The van der Waals surface area contributed by atoms with E-state index in [1.807, 2.05) is 0 Å². The summed E-state index contributed by atoms with van der Waals surface area (Å²) < 4.78 is 8.97. The summed E-state index contributed by atoms with van der Waals surface area (Å²) in [6, 6.07) is 5.74. The number of carbonyl (C=O) groups is 4. The number of esters is 2. The molecule has 3 N–H and O–H groups in total. The van der Waals surface area contributed by atoms with Crippen LogP contribution in [0.5, 0.6) is 5.75 Å². The van der Waals surface area contributed by atoms with E-state index in [1.54, 1.807) is 0 Å². The second-order valence-corrected chi connectivity index (χ2v) is 4.85. The Balaban J connectivity index is 2.86. The van der Waals surface area contributed by atoms with Crippen LogP contribution in [-0.2, 0) is 28.7 Å². The normalized spacial score (nSPS) is 13.0. The van der Waals surface area contributed by atoms with Gasteiger partial charge in [0.1, 0.15) is 11.7 Å². The van der Waals surface area contributed by atoms with E-state index in [9.17, 15) is 19.2 Å². The fraction of sp³-hybridized carbons (Fsp3) is 0.250. The van der Waals surface area contributed by atoms with E-state index in [0.717, 1.165) is 13.2 Å². The zero-order chi connectivity index (χ0) is 19.0. The van der Waals surface area contributed by atoms with Crippen molar-refractivity contribution in [1.82, 2.24) is 0 Å². The Hall–Kier alpha value is -3.36. The van der Waals surface area contributed by atoms with E-state index in [0.29, 0.717) is 5.56 Å². The maximum atomic E-state index is 11.7. The van der Waals surface area contributed by atoms with Crippen LogP contribution in [0.25, 0.3) is 6.08 Å². The summed E-state index contributed by atoms with van der Waals surface area (Å²) in [4.78, 5) is 45.4. The molecule has 0 heterocycles. The smallest absolute Gasteiger partial charge is 0.345 e. The third kappa shape index (κ3) is 6.34. The molecule has 0 unspecified atom stereocenters. The van der Waals surface area contributed by atoms with Gasteiger partial charge in [0.15, 0.2) is 0 Å². The number of aromatic hydroxyl groups is 1. The van der Waals surface area contributed by atoms with Gasteiger partial charge in [0.2, 0.25) is 6.10 Å². The number of carboxylic acids is 2. The number of phenols is 1. The van der Waals surface area contributed by atoms with Crippen LogP contribution in [-0.4, -0.2) is 52.4 Å². The number of aliphatic carboxylic acids is 2. The number of methoxy groups -OCH3 is 1. The summed E-state index contributed by atoms with van der Waals surface area (Å²) in [5.74, 6) is -7.14. The summed E-state index contributed by atoms with van der Waals surface area (Å²) in [5, 5.41) is 27.3. The minimum Gasteiger partial charge on any atom is -0.508 e. The molecular formula is C16H16O9. The number of carboxylic acid groups (broad SMARTS) is 2.